The molecule has 0 aliphatic rings. The fourth-order valence-electron chi connectivity index (χ4n) is 0.867. The fourth-order valence-corrected chi connectivity index (χ4v) is 1.79. The van der Waals surface area contributed by atoms with Gasteiger partial charge in [-0.2, -0.15) is 21.6 Å². The molecule has 0 saturated heterocycles. The summed E-state index contributed by atoms with van der Waals surface area (Å²) in [7, 11) is -5.84. The van der Waals surface area contributed by atoms with Crippen molar-refractivity contribution in [2.24, 2.45) is 0 Å². The average Bonchev–Trinajstić information content (AvgIpc) is 2.23. The third kappa shape index (κ3) is 2.88. The highest BCUT2D eigenvalue weighted by Gasteiger charge is 2.48. The molecule has 10 heteroatoms. The number of carbonyl (C=O) groups is 1. The maximum Gasteiger partial charge on any atom is 0.534 e. The molecule has 0 aliphatic heterocycles. The molecule has 1 aromatic carbocycles. The largest absolute Gasteiger partial charge is 0.534 e. The first-order valence-electron chi connectivity index (χ1n) is 4.04. The summed E-state index contributed by atoms with van der Waals surface area (Å²) in [4.78, 5) is 10.5. The molecule has 1 rings (SSSR count). The van der Waals surface area contributed by atoms with Crippen LogP contribution in [0.4, 0.5) is 13.2 Å². The number of alkyl halides is 3. The number of carbonyl (C=O) groups excluding carboxylic acids is 1. The second-order valence-corrected chi connectivity index (χ2v) is 5.18. The van der Waals surface area contributed by atoms with Gasteiger partial charge >= 0.3 is 15.6 Å². The summed E-state index contributed by atoms with van der Waals surface area (Å²) in [6.45, 7) is 0. The van der Waals surface area contributed by atoms with E-state index < -0.39 is 31.4 Å². The van der Waals surface area contributed by atoms with Crippen LogP contribution in [-0.2, 0) is 10.1 Å². The second kappa shape index (κ2) is 4.94. The topological polar surface area (TPSA) is 60.4 Å². The van der Waals surface area contributed by atoms with Crippen LogP contribution in [0, 0.1) is 0 Å². The summed E-state index contributed by atoms with van der Waals surface area (Å²) in [5.74, 6) is -0.815. The van der Waals surface area contributed by atoms with Gasteiger partial charge in [-0.15, -0.1) is 0 Å². The van der Waals surface area contributed by atoms with Crippen molar-refractivity contribution in [2.45, 2.75) is 5.51 Å². The van der Waals surface area contributed by atoms with Crippen molar-refractivity contribution in [3.8, 4) is 5.75 Å². The van der Waals surface area contributed by atoms with Crippen LogP contribution in [0.1, 0.15) is 10.4 Å². The molecule has 0 spiro atoms. The molecular formula is C8H3Cl2F3O4S. The van der Waals surface area contributed by atoms with E-state index in [0.29, 0.717) is 6.29 Å². The average molecular weight is 323 g/mol. The predicted molar refractivity (Wildman–Crippen MR) is 57.5 cm³/mol. The fraction of sp³-hybridized carbons (Fsp3) is 0.125. The van der Waals surface area contributed by atoms with Gasteiger partial charge in [-0.3, -0.25) is 4.79 Å². The zero-order valence-electron chi connectivity index (χ0n) is 8.16. The highest BCUT2D eigenvalue weighted by molar-refractivity contribution is 7.88. The highest BCUT2D eigenvalue weighted by atomic mass is 35.5. The standard InChI is InChI=1S/C8H3Cl2F3O4S/c9-6-4(3-14)1-2-5(7(6)10)17-18(15,16)8(11,12)13/h1-3H. The Balaban J connectivity index is 3.23. The Morgan fingerprint density at radius 1 is 1.17 bits per heavy atom. The van der Waals surface area contributed by atoms with Gasteiger partial charge in [0.25, 0.3) is 0 Å². The lowest BCUT2D eigenvalue weighted by Crippen LogP contribution is -2.28. The van der Waals surface area contributed by atoms with E-state index in [1.54, 1.807) is 0 Å². The van der Waals surface area contributed by atoms with E-state index in [1.165, 1.54) is 0 Å². The number of aldehydes is 1. The van der Waals surface area contributed by atoms with Crippen LogP contribution in [0.5, 0.6) is 5.75 Å². The van der Waals surface area contributed by atoms with Gasteiger partial charge < -0.3 is 4.18 Å². The molecule has 0 bridgehead atoms. The Morgan fingerprint density at radius 2 is 1.72 bits per heavy atom. The Kier molecular flexibility index (Phi) is 4.14. The number of rotatable bonds is 3. The Morgan fingerprint density at radius 3 is 2.17 bits per heavy atom. The summed E-state index contributed by atoms with van der Waals surface area (Å²) in [5.41, 5.74) is -5.70. The van der Waals surface area contributed by atoms with Gasteiger partial charge in [0, 0.05) is 5.56 Å². The number of hydrogen-bond acceptors (Lipinski definition) is 4. The molecule has 0 saturated carbocycles. The SMILES string of the molecule is O=Cc1ccc(OS(=O)(=O)C(F)(F)F)c(Cl)c1Cl. The molecule has 0 N–H and O–H groups in total. The lowest BCUT2D eigenvalue weighted by Gasteiger charge is -2.11. The third-order valence-corrected chi connectivity index (χ3v) is 3.53. The summed E-state index contributed by atoms with van der Waals surface area (Å²) >= 11 is 11.0. The number of benzene rings is 1. The van der Waals surface area contributed by atoms with Crippen molar-refractivity contribution in [1.29, 1.82) is 0 Å². The summed E-state index contributed by atoms with van der Waals surface area (Å²) in [6, 6.07) is 1.77. The number of halogens is 5. The quantitative estimate of drug-likeness (QED) is 0.487. The highest BCUT2D eigenvalue weighted by Crippen LogP contribution is 2.36. The molecule has 0 fully saturated rings. The summed E-state index contributed by atoms with van der Waals surface area (Å²) < 4.78 is 61.4. The normalized spacial score (nSPS) is 12.3. The van der Waals surface area contributed by atoms with Crippen molar-refractivity contribution >= 4 is 39.6 Å². The van der Waals surface area contributed by atoms with E-state index in [4.69, 9.17) is 23.2 Å². The molecule has 0 heterocycles. The molecule has 0 atom stereocenters. The van der Waals surface area contributed by atoms with Crippen molar-refractivity contribution in [3.05, 3.63) is 27.7 Å². The Hall–Kier alpha value is -0.990. The van der Waals surface area contributed by atoms with Crippen LogP contribution in [0.25, 0.3) is 0 Å². The van der Waals surface area contributed by atoms with Gasteiger partial charge in [0.1, 0.15) is 5.02 Å². The predicted octanol–water partition coefficient (Wildman–Crippen LogP) is 3.03. The first-order valence-corrected chi connectivity index (χ1v) is 6.20. The molecule has 100 valence electrons. The first kappa shape index (κ1) is 15.1. The van der Waals surface area contributed by atoms with E-state index in [0.717, 1.165) is 12.1 Å². The first-order chi connectivity index (χ1) is 8.10. The van der Waals surface area contributed by atoms with E-state index in [9.17, 15) is 26.4 Å². The summed E-state index contributed by atoms with van der Waals surface area (Å²) in [5, 5.41) is -1.00. The smallest absolute Gasteiger partial charge is 0.374 e. The van der Waals surface area contributed by atoms with Gasteiger partial charge in [0.2, 0.25) is 0 Å². The molecular weight excluding hydrogens is 320 g/mol. The number of hydrogen-bond donors (Lipinski definition) is 0. The van der Waals surface area contributed by atoms with Crippen LogP contribution in [0.2, 0.25) is 10.0 Å². The van der Waals surface area contributed by atoms with Gasteiger partial charge in [-0.25, -0.2) is 0 Å². The molecule has 0 aromatic heterocycles. The Labute approximate surface area is 109 Å². The minimum Gasteiger partial charge on any atom is -0.374 e. The molecule has 0 unspecified atom stereocenters. The maximum absolute atomic E-state index is 12.1. The zero-order chi connectivity index (χ0) is 14.1. The van der Waals surface area contributed by atoms with Crippen LogP contribution in [0.15, 0.2) is 12.1 Å². The molecule has 0 radical (unpaired) electrons. The van der Waals surface area contributed by atoms with E-state index in [2.05, 4.69) is 4.18 Å². The van der Waals surface area contributed by atoms with Gasteiger partial charge in [-0.1, -0.05) is 23.2 Å². The minimum atomic E-state index is -5.84. The molecule has 0 amide bonds. The Bertz CT molecular complexity index is 583. The monoisotopic (exact) mass is 322 g/mol. The minimum absolute atomic E-state index is 0.113. The van der Waals surface area contributed by atoms with Crippen molar-refractivity contribution in [2.75, 3.05) is 0 Å². The molecule has 18 heavy (non-hydrogen) atoms. The van der Waals surface area contributed by atoms with Crippen LogP contribution in [0.3, 0.4) is 0 Å². The van der Waals surface area contributed by atoms with Crippen LogP contribution in [-0.4, -0.2) is 20.2 Å². The van der Waals surface area contributed by atoms with Crippen molar-refractivity contribution in [3.63, 3.8) is 0 Å². The van der Waals surface area contributed by atoms with Crippen LogP contribution < -0.4 is 4.18 Å². The maximum atomic E-state index is 12.1. The zero-order valence-corrected chi connectivity index (χ0v) is 10.5. The van der Waals surface area contributed by atoms with E-state index in [1.807, 2.05) is 0 Å². The molecule has 4 nitrogen and oxygen atoms in total. The lowest BCUT2D eigenvalue weighted by molar-refractivity contribution is -0.0500. The molecule has 0 aliphatic carbocycles. The van der Waals surface area contributed by atoms with Gasteiger partial charge in [-0.05, 0) is 12.1 Å². The van der Waals surface area contributed by atoms with Gasteiger partial charge in [0.15, 0.2) is 12.0 Å². The van der Waals surface area contributed by atoms with E-state index in [-0.39, 0.29) is 5.56 Å². The van der Waals surface area contributed by atoms with Crippen LogP contribution >= 0.6 is 23.2 Å². The summed E-state index contributed by atoms with van der Waals surface area (Å²) in [6.07, 6.45) is 0.302. The lowest BCUT2D eigenvalue weighted by atomic mass is 10.2. The van der Waals surface area contributed by atoms with Crippen molar-refractivity contribution in [1.82, 2.24) is 0 Å². The van der Waals surface area contributed by atoms with Gasteiger partial charge in [0.05, 0.1) is 5.02 Å². The van der Waals surface area contributed by atoms with E-state index >= 15 is 0 Å². The third-order valence-electron chi connectivity index (χ3n) is 1.69. The molecule has 1 aromatic rings. The second-order valence-electron chi connectivity index (χ2n) is 2.88. The van der Waals surface area contributed by atoms with Crippen molar-refractivity contribution < 1.29 is 30.6 Å².